The smallest absolute Gasteiger partial charge is 0.225 e. The summed E-state index contributed by atoms with van der Waals surface area (Å²) in [5.41, 5.74) is 6.18. The van der Waals surface area contributed by atoms with Crippen molar-refractivity contribution in [1.82, 2.24) is 4.57 Å². The maximum Gasteiger partial charge on any atom is 0.295 e. The Morgan fingerprint density at radius 2 is 1.39 bits per heavy atom. The van der Waals surface area contributed by atoms with E-state index in [2.05, 4.69) is 102 Å². The summed E-state index contributed by atoms with van der Waals surface area (Å²) in [7, 11) is 2.14. The fourth-order valence-electron chi connectivity index (χ4n) is 3.28. The van der Waals surface area contributed by atoms with Gasteiger partial charge in [0.1, 0.15) is 5.69 Å². The number of aryl methyl sites for hydroxylation is 2. The van der Waals surface area contributed by atoms with Gasteiger partial charge in [-0.3, -0.25) is 0 Å². The van der Waals surface area contributed by atoms with Crippen LogP contribution in [0.15, 0.2) is 78.9 Å². The van der Waals surface area contributed by atoms with Gasteiger partial charge < -0.3 is 0 Å². The van der Waals surface area contributed by atoms with Gasteiger partial charge in [0.05, 0.1) is 12.6 Å². The van der Waals surface area contributed by atoms with E-state index in [-0.39, 0.29) is 0 Å². The lowest BCUT2D eigenvalue weighted by atomic mass is 10.1. The molecule has 1 heterocycles. The molecule has 0 aliphatic heterocycles. The lowest BCUT2D eigenvalue weighted by Gasteiger charge is -2.06. The molecule has 0 aliphatic rings. The van der Waals surface area contributed by atoms with E-state index in [1.165, 1.54) is 33.7 Å². The highest BCUT2D eigenvalue weighted by molar-refractivity contribution is 5.79. The zero-order chi connectivity index (χ0) is 15.8. The average molecular weight is 299 g/mol. The van der Waals surface area contributed by atoms with Gasteiger partial charge in [-0.05, 0) is 42.8 Å². The molecule has 0 aliphatic carbocycles. The van der Waals surface area contributed by atoms with Crippen molar-refractivity contribution in [2.24, 2.45) is 7.05 Å². The molecule has 0 unspecified atom stereocenters. The molecule has 0 amide bonds. The minimum absolute atomic E-state index is 1.18. The maximum absolute atomic E-state index is 2.34. The van der Waals surface area contributed by atoms with Gasteiger partial charge in [-0.2, -0.15) is 4.57 Å². The van der Waals surface area contributed by atoms with Crippen LogP contribution in [0.2, 0.25) is 0 Å². The Balaban J connectivity index is 2.16. The lowest BCUT2D eigenvalue weighted by molar-refractivity contribution is -0.633. The highest BCUT2D eigenvalue weighted by Crippen LogP contribution is 2.28. The van der Waals surface area contributed by atoms with E-state index >= 15 is 0 Å². The third-order valence-electron chi connectivity index (χ3n) is 4.41. The largest absolute Gasteiger partial charge is 0.295 e. The number of fused-ring (bicyclic) bond motifs is 1. The number of imidazole rings is 1. The first-order chi connectivity index (χ1) is 11.3. The molecule has 4 aromatic rings. The van der Waals surface area contributed by atoms with Crippen molar-refractivity contribution < 1.29 is 4.57 Å². The van der Waals surface area contributed by atoms with Gasteiger partial charge in [-0.25, -0.2) is 4.57 Å². The zero-order valence-electron chi connectivity index (χ0n) is 13.4. The van der Waals surface area contributed by atoms with Crippen molar-refractivity contribution in [3.05, 3.63) is 84.4 Å². The molecule has 0 radical (unpaired) electrons. The molecule has 0 saturated carbocycles. The SMILES string of the molecule is Cc1ccccc1-c1n(-c2ccccc2)c2ccccc2[n+]1C. The van der Waals surface area contributed by atoms with Gasteiger partial charge in [-0.1, -0.05) is 48.5 Å². The molecule has 3 aromatic carbocycles. The Bertz CT molecular complexity index is 981. The van der Waals surface area contributed by atoms with Crippen molar-refractivity contribution in [3.63, 3.8) is 0 Å². The summed E-state index contributed by atoms with van der Waals surface area (Å²) in [6.07, 6.45) is 0. The first-order valence-corrected chi connectivity index (χ1v) is 7.88. The standard InChI is InChI=1S/C21H19N2/c1-16-10-6-7-13-18(16)21-22(2)19-14-8-9-15-20(19)23(21)17-11-4-3-5-12-17/h3-15H,1-2H3/q+1. The predicted octanol–water partition coefficient (Wildman–Crippen LogP) is 4.43. The van der Waals surface area contributed by atoms with E-state index in [4.69, 9.17) is 0 Å². The van der Waals surface area contributed by atoms with E-state index in [0.29, 0.717) is 0 Å². The van der Waals surface area contributed by atoms with Crippen LogP contribution in [0.3, 0.4) is 0 Å². The molecule has 0 fully saturated rings. The summed E-state index contributed by atoms with van der Waals surface area (Å²) in [5.74, 6) is 1.20. The molecule has 0 atom stereocenters. The van der Waals surface area contributed by atoms with Gasteiger partial charge in [0, 0.05) is 0 Å². The van der Waals surface area contributed by atoms with Gasteiger partial charge in [0.25, 0.3) is 5.82 Å². The highest BCUT2D eigenvalue weighted by Gasteiger charge is 2.26. The molecular weight excluding hydrogens is 280 g/mol. The van der Waals surface area contributed by atoms with Gasteiger partial charge in [0.2, 0.25) is 0 Å². The molecule has 4 rings (SSSR count). The molecule has 0 spiro atoms. The quantitative estimate of drug-likeness (QED) is 0.484. The molecule has 2 heteroatoms. The van der Waals surface area contributed by atoms with Crippen LogP contribution in [0.4, 0.5) is 0 Å². The minimum atomic E-state index is 1.18. The van der Waals surface area contributed by atoms with Crippen LogP contribution >= 0.6 is 0 Å². The Morgan fingerprint density at radius 1 is 0.739 bits per heavy atom. The lowest BCUT2D eigenvalue weighted by Crippen LogP contribution is -2.30. The van der Waals surface area contributed by atoms with E-state index in [1.54, 1.807) is 0 Å². The summed E-state index contributed by atoms with van der Waals surface area (Å²) in [4.78, 5) is 0. The molecule has 0 bridgehead atoms. The number of nitrogens with zero attached hydrogens (tertiary/aromatic N) is 2. The van der Waals surface area contributed by atoms with Crippen molar-refractivity contribution in [2.75, 3.05) is 0 Å². The van der Waals surface area contributed by atoms with Gasteiger partial charge in [-0.15, -0.1) is 0 Å². The average Bonchev–Trinajstić information content (AvgIpc) is 2.89. The molecule has 2 nitrogen and oxygen atoms in total. The second-order valence-electron chi connectivity index (χ2n) is 5.86. The number of rotatable bonds is 2. The fourth-order valence-corrected chi connectivity index (χ4v) is 3.28. The third-order valence-corrected chi connectivity index (χ3v) is 4.41. The van der Waals surface area contributed by atoms with Gasteiger partial charge in [0.15, 0.2) is 11.0 Å². The molecular formula is C21H19N2+. The van der Waals surface area contributed by atoms with E-state index in [1.807, 2.05) is 0 Å². The van der Waals surface area contributed by atoms with Crippen LogP contribution in [0, 0.1) is 6.92 Å². The molecule has 0 N–H and O–H groups in total. The monoisotopic (exact) mass is 299 g/mol. The van der Waals surface area contributed by atoms with Crippen LogP contribution in [-0.4, -0.2) is 4.57 Å². The summed E-state index contributed by atoms with van der Waals surface area (Å²) in [6, 6.07) is 27.7. The highest BCUT2D eigenvalue weighted by atomic mass is 15.2. The van der Waals surface area contributed by atoms with Crippen LogP contribution in [0.25, 0.3) is 28.1 Å². The number of hydrogen-bond donors (Lipinski definition) is 0. The minimum Gasteiger partial charge on any atom is -0.225 e. The fraction of sp³-hybridized carbons (Fsp3) is 0.0952. The number of benzene rings is 3. The summed E-state index contributed by atoms with van der Waals surface area (Å²) < 4.78 is 4.63. The van der Waals surface area contributed by atoms with Crippen LogP contribution in [0.5, 0.6) is 0 Å². The van der Waals surface area contributed by atoms with Crippen molar-refractivity contribution in [3.8, 4) is 17.1 Å². The number of aromatic nitrogens is 2. The second kappa shape index (κ2) is 5.40. The molecule has 112 valence electrons. The molecule has 23 heavy (non-hydrogen) atoms. The van der Waals surface area contributed by atoms with Crippen LogP contribution in [0.1, 0.15) is 5.56 Å². The number of para-hydroxylation sites is 3. The third kappa shape index (κ3) is 2.15. The van der Waals surface area contributed by atoms with E-state index in [9.17, 15) is 0 Å². The maximum atomic E-state index is 2.34. The van der Waals surface area contributed by atoms with Crippen LogP contribution < -0.4 is 4.57 Å². The topological polar surface area (TPSA) is 8.81 Å². The van der Waals surface area contributed by atoms with Crippen molar-refractivity contribution in [2.45, 2.75) is 6.92 Å². The summed E-state index contributed by atoms with van der Waals surface area (Å²) >= 11 is 0. The normalized spacial score (nSPS) is 11.0. The van der Waals surface area contributed by atoms with Gasteiger partial charge >= 0.3 is 0 Å². The van der Waals surface area contributed by atoms with E-state index in [0.717, 1.165) is 0 Å². The van der Waals surface area contributed by atoms with Crippen LogP contribution in [-0.2, 0) is 7.05 Å². The molecule has 1 aromatic heterocycles. The van der Waals surface area contributed by atoms with E-state index < -0.39 is 0 Å². The summed E-state index contributed by atoms with van der Waals surface area (Å²) in [6.45, 7) is 2.17. The number of hydrogen-bond acceptors (Lipinski definition) is 0. The Morgan fingerprint density at radius 3 is 2.17 bits per heavy atom. The Kier molecular flexibility index (Phi) is 3.23. The Labute approximate surface area is 136 Å². The first kappa shape index (κ1) is 13.8. The first-order valence-electron chi connectivity index (χ1n) is 7.88. The zero-order valence-corrected chi connectivity index (χ0v) is 13.4. The second-order valence-corrected chi connectivity index (χ2v) is 5.86. The predicted molar refractivity (Wildman–Crippen MR) is 94.6 cm³/mol. The Hall–Kier alpha value is -2.87. The molecule has 0 saturated heterocycles. The van der Waals surface area contributed by atoms with Crippen molar-refractivity contribution in [1.29, 1.82) is 0 Å². The summed E-state index contributed by atoms with van der Waals surface area (Å²) in [5, 5.41) is 0. The van der Waals surface area contributed by atoms with Crippen molar-refractivity contribution >= 4 is 11.0 Å².